The van der Waals surface area contributed by atoms with Crippen LogP contribution in [0.25, 0.3) is 38.4 Å². The van der Waals surface area contributed by atoms with Crippen LogP contribution in [0, 0.1) is 11.3 Å². The molecular formula is C24H19NO2. The second-order valence-corrected chi connectivity index (χ2v) is 6.67. The molecule has 0 aromatic heterocycles. The molecular weight excluding hydrogens is 334 g/mol. The SMILES string of the molecule is CCCCOC(=O)C(C#N)=Cc1ccc2ccc3cccc4ccc1c2c34. The lowest BCUT2D eigenvalue weighted by atomic mass is 9.91. The first-order valence-electron chi connectivity index (χ1n) is 9.18. The van der Waals surface area contributed by atoms with E-state index < -0.39 is 5.97 Å². The highest BCUT2D eigenvalue weighted by Crippen LogP contribution is 2.36. The minimum atomic E-state index is -0.559. The molecule has 0 N–H and O–H groups in total. The molecule has 0 fully saturated rings. The summed E-state index contributed by atoms with van der Waals surface area (Å²) in [4.78, 5) is 12.2. The molecule has 4 rings (SSSR count). The maximum absolute atomic E-state index is 12.2. The maximum Gasteiger partial charge on any atom is 0.348 e. The van der Waals surface area contributed by atoms with Gasteiger partial charge in [-0.2, -0.15) is 5.26 Å². The number of ether oxygens (including phenoxy) is 1. The number of hydrogen-bond donors (Lipinski definition) is 0. The van der Waals surface area contributed by atoms with Gasteiger partial charge in [-0.15, -0.1) is 0 Å². The molecule has 3 heteroatoms. The first-order valence-corrected chi connectivity index (χ1v) is 9.18. The van der Waals surface area contributed by atoms with E-state index in [9.17, 15) is 10.1 Å². The van der Waals surface area contributed by atoms with Gasteiger partial charge in [0.15, 0.2) is 0 Å². The molecule has 0 heterocycles. The normalized spacial score (nSPS) is 11.9. The molecule has 3 nitrogen and oxygen atoms in total. The van der Waals surface area contributed by atoms with Crippen molar-refractivity contribution < 1.29 is 9.53 Å². The number of rotatable bonds is 5. The Bertz CT molecular complexity index is 1200. The molecule has 0 atom stereocenters. The molecule has 132 valence electrons. The number of carbonyl (C=O) groups excluding carboxylic acids is 1. The van der Waals surface area contributed by atoms with Gasteiger partial charge < -0.3 is 4.74 Å². The maximum atomic E-state index is 12.2. The van der Waals surface area contributed by atoms with Crippen molar-refractivity contribution in [1.82, 2.24) is 0 Å². The largest absolute Gasteiger partial charge is 0.462 e. The van der Waals surface area contributed by atoms with Crippen molar-refractivity contribution in [3.05, 3.63) is 65.7 Å². The van der Waals surface area contributed by atoms with E-state index in [4.69, 9.17) is 4.74 Å². The minimum absolute atomic E-state index is 0.0288. The zero-order valence-corrected chi connectivity index (χ0v) is 15.2. The van der Waals surface area contributed by atoms with Crippen LogP contribution in [0.1, 0.15) is 25.3 Å². The van der Waals surface area contributed by atoms with E-state index in [1.165, 1.54) is 16.2 Å². The lowest BCUT2D eigenvalue weighted by Crippen LogP contribution is -2.07. The summed E-state index contributed by atoms with van der Waals surface area (Å²) in [5.41, 5.74) is 0.880. The first-order chi connectivity index (χ1) is 13.2. The highest BCUT2D eigenvalue weighted by molar-refractivity contribution is 6.24. The topological polar surface area (TPSA) is 50.1 Å². The fourth-order valence-corrected chi connectivity index (χ4v) is 3.56. The Hall–Kier alpha value is -3.38. The van der Waals surface area contributed by atoms with Gasteiger partial charge in [-0.1, -0.05) is 67.9 Å². The minimum Gasteiger partial charge on any atom is -0.462 e. The molecule has 0 radical (unpaired) electrons. The highest BCUT2D eigenvalue weighted by Gasteiger charge is 2.14. The first kappa shape index (κ1) is 17.1. The molecule has 0 unspecified atom stereocenters. The molecule has 0 bridgehead atoms. The fourth-order valence-electron chi connectivity index (χ4n) is 3.56. The van der Waals surface area contributed by atoms with Gasteiger partial charge in [-0.05, 0) is 50.4 Å². The van der Waals surface area contributed by atoms with Crippen molar-refractivity contribution in [3.63, 3.8) is 0 Å². The van der Waals surface area contributed by atoms with Crippen LogP contribution in [0.15, 0.2) is 60.2 Å². The lowest BCUT2D eigenvalue weighted by Gasteiger charge is -2.12. The Labute approximate surface area is 157 Å². The number of unbranched alkanes of at least 4 members (excludes halogenated alkanes) is 1. The average Bonchev–Trinajstić information content (AvgIpc) is 2.71. The number of esters is 1. The Morgan fingerprint density at radius 1 is 1.00 bits per heavy atom. The summed E-state index contributed by atoms with van der Waals surface area (Å²) in [5, 5.41) is 16.4. The van der Waals surface area contributed by atoms with Crippen LogP contribution < -0.4 is 0 Å². The van der Waals surface area contributed by atoms with Gasteiger partial charge in [-0.3, -0.25) is 0 Å². The second kappa shape index (κ2) is 7.09. The summed E-state index contributed by atoms with van der Waals surface area (Å²) < 4.78 is 5.20. The average molecular weight is 353 g/mol. The number of nitriles is 1. The Kier molecular flexibility index (Phi) is 4.48. The molecule has 0 saturated carbocycles. The zero-order valence-electron chi connectivity index (χ0n) is 15.2. The molecule has 0 amide bonds. The van der Waals surface area contributed by atoms with Gasteiger partial charge in [-0.25, -0.2) is 4.79 Å². The standard InChI is InChI=1S/C24H19NO2/c1-2-3-13-27-24(26)20(15-25)14-19-10-9-18-8-7-16-5-4-6-17-11-12-21(19)23(18)22(16)17/h4-12,14H,2-3,13H2,1H3. The third-order valence-corrected chi connectivity index (χ3v) is 4.93. The smallest absolute Gasteiger partial charge is 0.348 e. The lowest BCUT2D eigenvalue weighted by molar-refractivity contribution is -0.138. The van der Waals surface area contributed by atoms with Crippen molar-refractivity contribution >= 4 is 44.4 Å². The van der Waals surface area contributed by atoms with Gasteiger partial charge in [0.25, 0.3) is 0 Å². The predicted octanol–water partition coefficient (Wildman–Crippen LogP) is 5.83. The fraction of sp³-hybridized carbons (Fsp3) is 0.167. The predicted molar refractivity (Wildman–Crippen MR) is 110 cm³/mol. The quantitative estimate of drug-likeness (QED) is 0.149. The van der Waals surface area contributed by atoms with Crippen molar-refractivity contribution in [2.24, 2.45) is 0 Å². The molecule has 0 aliphatic heterocycles. The van der Waals surface area contributed by atoms with Crippen LogP contribution >= 0.6 is 0 Å². The van der Waals surface area contributed by atoms with Gasteiger partial charge >= 0.3 is 5.97 Å². The third kappa shape index (κ3) is 3.00. The summed E-state index contributed by atoms with van der Waals surface area (Å²) in [7, 11) is 0. The van der Waals surface area contributed by atoms with E-state index in [0.717, 1.165) is 34.6 Å². The van der Waals surface area contributed by atoms with Crippen molar-refractivity contribution in [1.29, 1.82) is 5.26 Å². The zero-order chi connectivity index (χ0) is 18.8. The summed E-state index contributed by atoms with van der Waals surface area (Å²) in [6.45, 7) is 2.37. The van der Waals surface area contributed by atoms with Crippen molar-refractivity contribution in [2.45, 2.75) is 19.8 Å². The summed E-state index contributed by atoms with van der Waals surface area (Å²) in [5.74, 6) is -0.559. The second-order valence-electron chi connectivity index (χ2n) is 6.67. The number of benzene rings is 4. The molecule has 4 aromatic rings. The van der Waals surface area contributed by atoms with Gasteiger partial charge in [0.2, 0.25) is 0 Å². The van der Waals surface area contributed by atoms with Crippen LogP contribution in [-0.2, 0) is 9.53 Å². The summed E-state index contributed by atoms with van der Waals surface area (Å²) in [6.07, 6.45) is 3.37. The van der Waals surface area contributed by atoms with E-state index in [1.54, 1.807) is 6.08 Å². The number of hydrogen-bond acceptors (Lipinski definition) is 3. The van der Waals surface area contributed by atoms with Gasteiger partial charge in [0.05, 0.1) is 6.61 Å². The Morgan fingerprint density at radius 3 is 2.37 bits per heavy atom. The number of nitrogens with zero attached hydrogens (tertiary/aromatic N) is 1. The van der Waals surface area contributed by atoms with E-state index in [-0.39, 0.29) is 5.57 Å². The third-order valence-electron chi connectivity index (χ3n) is 4.93. The van der Waals surface area contributed by atoms with Crippen LogP contribution in [0.5, 0.6) is 0 Å². The van der Waals surface area contributed by atoms with E-state index in [0.29, 0.717) is 6.61 Å². The molecule has 4 aromatic carbocycles. The number of carbonyl (C=O) groups is 1. The summed E-state index contributed by atoms with van der Waals surface area (Å²) in [6, 6.07) is 20.7. The molecule has 27 heavy (non-hydrogen) atoms. The van der Waals surface area contributed by atoms with Crippen molar-refractivity contribution in [3.8, 4) is 6.07 Å². The molecule has 0 aliphatic carbocycles. The van der Waals surface area contributed by atoms with Gasteiger partial charge in [0.1, 0.15) is 11.6 Å². The van der Waals surface area contributed by atoms with E-state index >= 15 is 0 Å². The van der Waals surface area contributed by atoms with Crippen LogP contribution in [0.2, 0.25) is 0 Å². The van der Waals surface area contributed by atoms with Crippen LogP contribution in [0.3, 0.4) is 0 Å². The molecule has 0 spiro atoms. The highest BCUT2D eigenvalue weighted by atomic mass is 16.5. The van der Waals surface area contributed by atoms with Crippen LogP contribution in [-0.4, -0.2) is 12.6 Å². The summed E-state index contributed by atoms with van der Waals surface area (Å²) >= 11 is 0. The van der Waals surface area contributed by atoms with E-state index in [2.05, 4.69) is 42.5 Å². The van der Waals surface area contributed by atoms with Gasteiger partial charge in [0, 0.05) is 0 Å². The Balaban J connectivity index is 1.87. The molecule has 0 saturated heterocycles. The Morgan fingerprint density at radius 2 is 1.67 bits per heavy atom. The van der Waals surface area contributed by atoms with Crippen molar-refractivity contribution in [2.75, 3.05) is 6.61 Å². The monoisotopic (exact) mass is 353 g/mol. The van der Waals surface area contributed by atoms with Crippen LogP contribution in [0.4, 0.5) is 0 Å². The molecule has 0 aliphatic rings. The van der Waals surface area contributed by atoms with E-state index in [1.807, 2.05) is 25.1 Å².